The number of benzene rings is 3. The summed E-state index contributed by atoms with van der Waals surface area (Å²) in [5.41, 5.74) is 3.76. The van der Waals surface area contributed by atoms with Crippen LogP contribution in [0.2, 0.25) is 0 Å². The molecule has 1 amide bonds. The average molecular weight is 359 g/mol. The first kappa shape index (κ1) is 17.2. The normalized spacial score (nSPS) is 13.1. The number of nitrogens with zero attached hydrogens (tertiary/aromatic N) is 1. The van der Waals surface area contributed by atoms with E-state index in [0.29, 0.717) is 17.9 Å². The third-order valence-corrected chi connectivity index (χ3v) is 4.81. The molecule has 0 N–H and O–H groups in total. The fraction of sp³-hybridized carbons (Fsp3) is 0.174. The molecule has 0 fully saturated rings. The van der Waals surface area contributed by atoms with Crippen LogP contribution in [0.25, 0.3) is 11.1 Å². The van der Waals surface area contributed by atoms with Gasteiger partial charge in [-0.15, -0.1) is 0 Å². The van der Waals surface area contributed by atoms with E-state index in [9.17, 15) is 4.79 Å². The van der Waals surface area contributed by atoms with Gasteiger partial charge in [-0.25, -0.2) is 0 Å². The molecule has 0 aromatic heterocycles. The molecule has 1 heterocycles. The van der Waals surface area contributed by atoms with Crippen LogP contribution in [-0.2, 0) is 6.42 Å². The van der Waals surface area contributed by atoms with E-state index in [1.54, 1.807) is 12.0 Å². The zero-order valence-electron chi connectivity index (χ0n) is 15.2. The predicted octanol–water partition coefficient (Wildman–Crippen LogP) is 4.40. The number of rotatable bonds is 5. The molecule has 0 unspecified atom stereocenters. The Morgan fingerprint density at radius 2 is 1.74 bits per heavy atom. The topological polar surface area (TPSA) is 38.8 Å². The molecule has 4 rings (SSSR count). The second-order valence-electron chi connectivity index (χ2n) is 6.49. The Hall–Kier alpha value is -3.27. The SMILES string of the molecule is COc1ccccc1-c1ccc2c(c1)OCN(CCc1ccccc1)C2=O. The highest BCUT2D eigenvalue weighted by atomic mass is 16.5. The summed E-state index contributed by atoms with van der Waals surface area (Å²) in [6.07, 6.45) is 0.810. The summed E-state index contributed by atoms with van der Waals surface area (Å²) in [7, 11) is 1.65. The molecule has 0 atom stereocenters. The van der Waals surface area contributed by atoms with E-state index in [2.05, 4.69) is 12.1 Å². The minimum Gasteiger partial charge on any atom is -0.496 e. The van der Waals surface area contributed by atoms with Gasteiger partial charge in [0, 0.05) is 12.1 Å². The van der Waals surface area contributed by atoms with E-state index in [1.807, 2.05) is 60.7 Å². The van der Waals surface area contributed by atoms with E-state index in [-0.39, 0.29) is 12.6 Å². The number of hydrogen-bond donors (Lipinski definition) is 0. The number of para-hydroxylation sites is 1. The smallest absolute Gasteiger partial charge is 0.260 e. The first-order chi connectivity index (χ1) is 13.3. The quantitative estimate of drug-likeness (QED) is 0.678. The van der Waals surface area contributed by atoms with Crippen molar-refractivity contribution >= 4 is 5.91 Å². The molecule has 3 aromatic rings. The Balaban J connectivity index is 1.54. The lowest BCUT2D eigenvalue weighted by Crippen LogP contribution is -2.39. The first-order valence-electron chi connectivity index (χ1n) is 8.99. The van der Waals surface area contributed by atoms with E-state index >= 15 is 0 Å². The second kappa shape index (κ2) is 7.54. The highest BCUT2D eigenvalue weighted by Gasteiger charge is 2.25. The molecule has 0 saturated heterocycles. The number of carbonyl (C=O) groups excluding carboxylic acids is 1. The van der Waals surface area contributed by atoms with Crippen molar-refractivity contribution in [1.29, 1.82) is 0 Å². The molecule has 4 heteroatoms. The van der Waals surface area contributed by atoms with Gasteiger partial charge in [-0.05, 0) is 35.7 Å². The van der Waals surface area contributed by atoms with Crippen molar-refractivity contribution in [3.05, 3.63) is 83.9 Å². The van der Waals surface area contributed by atoms with Gasteiger partial charge >= 0.3 is 0 Å². The van der Waals surface area contributed by atoms with E-state index < -0.39 is 0 Å². The van der Waals surface area contributed by atoms with Gasteiger partial charge in [0.25, 0.3) is 5.91 Å². The summed E-state index contributed by atoms with van der Waals surface area (Å²) < 4.78 is 11.3. The number of fused-ring (bicyclic) bond motifs is 1. The molecule has 1 aliphatic heterocycles. The Morgan fingerprint density at radius 1 is 0.963 bits per heavy atom. The number of ether oxygens (including phenoxy) is 2. The summed E-state index contributed by atoms with van der Waals surface area (Å²) in [6, 6.07) is 23.7. The molecule has 0 aliphatic carbocycles. The van der Waals surface area contributed by atoms with Crippen molar-refractivity contribution in [2.24, 2.45) is 0 Å². The van der Waals surface area contributed by atoms with Crippen molar-refractivity contribution in [2.45, 2.75) is 6.42 Å². The Bertz CT molecular complexity index is 953. The van der Waals surface area contributed by atoms with Gasteiger partial charge in [0.2, 0.25) is 0 Å². The number of methoxy groups -OCH3 is 1. The van der Waals surface area contributed by atoms with Crippen molar-refractivity contribution in [2.75, 3.05) is 20.4 Å². The molecule has 4 nitrogen and oxygen atoms in total. The van der Waals surface area contributed by atoms with Gasteiger partial charge in [0.1, 0.15) is 11.5 Å². The van der Waals surface area contributed by atoms with Crippen LogP contribution >= 0.6 is 0 Å². The molecule has 0 spiro atoms. The molecule has 0 radical (unpaired) electrons. The monoisotopic (exact) mass is 359 g/mol. The van der Waals surface area contributed by atoms with Gasteiger partial charge in [-0.2, -0.15) is 0 Å². The zero-order chi connectivity index (χ0) is 18.6. The summed E-state index contributed by atoms with van der Waals surface area (Å²) in [5, 5.41) is 0. The van der Waals surface area contributed by atoms with Gasteiger partial charge < -0.3 is 14.4 Å². The maximum absolute atomic E-state index is 12.8. The average Bonchev–Trinajstić information content (AvgIpc) is 2.74. The van der Waals surface area contributed by atoms with E-state index in [1.165, 1.54) is 5.56 Å². The zero-order valence-corrected chi connectivity index (χ0v) is 15.2. The van der Waals surface area contributed by atoms with Crippen LogP contribution in [0.5, 0.6) is 11.5 Å². The van der Waals surface area contributed by atoms with Crippen LogP contribution in [0, 0.1) is 0 Å². The van der Waals surface area contributed by atoms with Gasteiger partial charge in [-0.1, -0.05) is 54.6 Å². The molecular formula is C23H21NO3. The van der Waals surface area contributed by atoms with Gasteiger partial charge in [0.05, 0.1) is 12.7 Å². The summed E-state index contributed by atoms with van der Waals surface area (Å²) in [4.78, 5) is 14.6. The summed E-state index contributed by atoms with van der Waals surface area (Å²) >= 11 is 0. The van der Waals surface area contributed by atoms with Crippen molar-refractivity contribution in [1.82, 2.24) is 4.90 Å². The van der Waals surface area contributed by atoms with Crippen LogP contribution < -0.4 is 9.47 Å². The lowest BCUT2D eigenvalue weighted by molar-refractivity contribution is 0.0525. The molecule has 1 aliphatic rings. The maximum atomic E-state index is 12.8. The molecule has 27 heavy (non-hydrogen) atoms. The highest BCUT2D eigenvalue weighted by Crippen LogP contribution is 2.35. The highest BCUT2D eigenvalue weighted by molar-refractivity contribution is 5.98. The third-order valence-electron chi connectivity index (χ3n) is 4.81. The largest absolute Gasteiger partial charge is 0.496 e. The van der Waals surface area contributed by atoms with Crippen molar-refractivity contribution in [3.8, 4) is 22.6 Å². The Kier molecular flexibility index (Phi) is 4.79. The predicted molar refractivity (Wildman–Crippen MR) is 105 cm³/mol. The number of hydrogen-bond acceptors (Lipinski definition) is 3. The van der Waals surface area contributed by atoms with Crippen molar-refractivity contribution in [3.63, 3.8) is 0 Å². The van der Waals surface area contributed by atoms with Crippen LogP contribution in [0.1, 0.15) is 15.9 Å². The lowest BCUT2D eigenvalue weighted by atomic mass is 10.0. The Morgan fingerprint density at radius 3 is 2.56 bits per heavy atom. The standard InChI is InChI=1S/C23H21NO3/c1-26-21-10-6-5-9-19(21)18-11-12-20-22(15-18)27-16-24(23(20)25)14-13-17-7-3-2-4-8-17/h2-12,15H,13-14,16H2,1H3. The molecular weight excluding hydrogens is 338 g/mol. The fourth-order valence-electron chi connectivity index (χ4n) is 3.32. The van der Waals surface area contributed by atoms with Crippen LogP contribution in [0.15, 0.2) is 72.8 Å². The number of carbonyl (C=O) groups is 1. The van der Waals surface area contributed by atoms with Gasteiger partial charge in [0.15, 0.2) is 6.73 Å². The second-order valence-corrected chi connectivity index (χ2v) is 6.49. The van der Waals surface area contributed by atoms with Crippen LogP contribution in [-0.4, -0.2) is 31.2 Å². The molecule has 0 bridgehead atoms. The van der Waals surface area contributed by atoms with E-state index in [0.717, 1.165) is 23.3 Å². The molecule has 3 aromatic carbocycles. The summed E-state index contributed by atoms with van der Waals surface area (Å²) in [6.45, 7) is 0.907. The van der Waals surface area contributed by atoms with E-state index in [4.69, 9.17) is 9.47 Å². The molecule has 136 valence electrons. The van der Waals surface area contributed by atoms with Gasteiger partial charge in [-0.3, -0.25) is 4.79 Å². The first-order valence-corrected chi connectivity index (χ1v) is 8.99. The fourth-order valence-corrected chi connectivity index (χ4v) is 3.32. The Labute approximate surface area is 159 Å². The molecule has 0 saturated carbocycles. The number of amides is 1. The third kappa shape index (κ3) is 3.51. The maximum Gasteiger partial charge on any atom is 0.260 e. The van der Waals surface area contributed by atoms with Crippen molar-refractivity contribution < 1.29 is 14.3 Å². The summed E-state index contributed by atoms with van der Waals surface area (Å²) in [5.74, 6) is 1.43. The van der Waals surface area contributed by atoms with Crippen LogP contribution in [0.3, 0.4) is 0 Å². The lowest BCUT2D eigenvalue weighted by Gasteiger charge is -2.29. The van der Waals surface area contributed by atoms with Crippen LogP contribution in [0.4, 0.5) is 0 Å². The minimum absolute atomic E-state index is 0.0127. The minimum atomic E-state index is 0.0127.